The van der Waals surface area contributed by atoms with Crippen LogP contribution in [0.2, 0.25) is 0 Å². The van der Waals surface area contributed by atoms with E-state index in [1.165, 1.54) is 0 Å². The largest absolute Gasteiger partial charge is 0.325 e. The highest BCUT2D eigenvalue weighted by atomic mass is 16.5. The molecule has 1 rings (SSSR count). The van der Waals surface area contributed by atoms with Crippen LogP contribution in [-0.2, 0) is 0 Å². The first kappa shape index (κ1) is 8.74. The number of nitrogens with two attached hydrogens (primary N) is 1. The fourth-order valence-electron chi connectivity index (χ4n) is 0.908. The van der Waals surface area contributed by atoms with Crippen molar-refractivity contribution in [3.05, 3.63) is 35.9 Å². The minimum Gasteiger partial charge on any atom is -0.325 e. The van der Waals surface area contributed by atoms with Crippen LogP contribution < -0.4 is 5.73 Å². The average molecular weight is 165 g/mol. The van der Waals surface area contributed by atoms with Crippen molar-refractivity contribution >= 4 is 6.21 Å². The van der Waals surface area contributed by atoms with E-state index in [1.807, 2.05) is 30.3 Å². The summed E-state index contributed by atoms with van der Waals surface area (Å²) in [5.74, 6) is 0. The fraction of sp³-hybridized carbons (Fsp3) is 0.222. The van der Waals surface area contributed by atoms with Gasteiger partial charge in [0.15, 0.2) is 0 Å². The van der Waals surface area contributed by atoms with Gasteiger partial charge in [0.1, 0.15) is 0 Å². The van der Waals surface area contributed by atoms with Crippen LogP contribution in [0.25, 0.3) is 0 Å². The van der Waals surface area contributed by atoms with Crippen molar-refractivity contribution in [2.75, 3.05) is 13.1 Å². The topological polar surface area (TPSA) is 49.3 Å². The van der Waals surface area contributed by atoms with E-state index >= 15 is 0 Å². The van der Waals surface area contributed by atoms with Crippen LogP contribution in [0.5, 0.6) is 0 Å². The molecule has 0 aliphatic rings. The fourth-order valence-corrected chi connectivity index (χ4v) is 0.908. The number of hydrogen-bond acceptors (Lipinski definition) is 2. The summed E-state index contributed by atoms with van der Waals surface area (Å²) in [4.78, 5) is 0. The predicted octanol–water partition coefficient (Wildman–Crippen LogP) is 0.466. The normalized spacial score (nSPS) is 11.6. The highest BCUT2D eigenvalue weighted by Crippen LogP contribution is 1.92. The second-order valence-electron chi connectivity index (χ2n) is 2.49. The van der Waals surface area contributed by atoms with Gasteiger partial charge in [-0.15, -0.1) is 0 Å². The molecule has 64 valence electrons. The highest BCUT2D eigenvalue weighted by molar-refractivity contribution is 5.75. The summed E-state index contributed by atoms with van der Waals surface area (Å²) >= 11 is 0. The summed E-state index contributed by atoms with van der Waals surface area (Å²) in [5.41, 5.74) is 6.23. The zero-order valence-corrected chi connectivity index (χ0v) is 6.85. The zero-order valence-electron chi connectivity index (χ0n) is 6.85. The van der Waals surface area contributed by atoms with E-state index < -0.39 is 0 Å². The summed E-state index contributed by atoms with van der Waals surface area (Å²) in [6.45, 7) is 0.898. The molecule has 0 amide bonds. The molecule has 3 nitrogen and oxygen atoms in total. The second-order valence-corrected chi connectivity index (χ2v) is 2.49. The standard InChI is InChI=1S/C9H13N2O/c10-6-7-11(12)8-9-4-2-1-3-5-9/h1-5,8,12H,6-7,10H2/q+1. The lowest BCUT2D eigenvalue weighted by atomic mass is 10.2. The summed E-state index contributed by atoms with van der Waals surface area (Å²) in [5, 5.41) is 9.20. The monoisotopic (exact) mass is 165 g/mol. The van der Waals surface area contributed by atoms with Crippen LogP contribution in [0, 0.1) is 0 Å². The minimum absolute atomic E-state index is 0.444. The molecule has 1 aromatic rings. The Balaban J connectivity index is 2.67. The van der Waals surface area contributed by atoms with Gasteiger partial charge in [-0.2, -0.15) is 0 Å². The van der Waals surface area contributed by atoms with E-state index in [0.29, 0.717) is 13.1 Å². The van der Waals surface area contributed by atoms with Crippen molar-refractivity contribution in [1.82, 2.24) is 0 Å². The second kappa shape index (κ2) is 4.51. The van der Waals surface area contributed by atoms with Gasteiger partial charge in [-0.3, -0.25) is 5.21 Å². The van der Waals surface area contributed by atoms with E-state index in [1.54, 1.807) is 6.21 Å². The molecular weight excluding hydrogens is 152 g/mol. The summed E-state index contributed by atoms with van der Waals surface area (Å²) < 4.78 is 1.09. The Morgan fingerprint density at radius 2 is 2.00 bits per heavy atom. The van der Waals surface area contributed by atoms with E-state index in [4.69, 9.17) is 5.73 Å². The van der Waals surface area contributed by atoms with Crippen molar-refractivity contribution in [2.45, 2.75) is 0 Å². The molecule has 3 N–H and O–H groups in total. The molecule has 0 aliphatic heterocycles. The smallest absolute Gasteiger partial charge is 0.222 e. The average Bonchev–Trinajstić information content (AvgIpc) is 2.06. The maximum atomic E-state index is 9.20. The lowest BCUT2D eigenvalue weighted by Gasteiger charge is -1.90. The van der Waals surface area contributed by atoms with Gasteiger partial charge in [-0.1, -0.05) is 18.2 Å². The zero-order chi connectivity index (χ0) is 8.81. The maximum Gasteiger partial charge on any atom is 0.222 e. The van der Waals surface area contributed by atoms with Gasteiger partial charge >= 0.3 is 0 Å². The van der Waals surface area contributed by atoms with Crippen molar-refractivity contribution in [2.24, 2.45) is 5.73 Å². The summed E-state index contributed by atoms with van der Waals surface area (Å²) in [7, 11) is 0. The molecule has 0 spiro atoms. The Morgan fingerprint density at radius 1 is 1.33 bits per heavy atom. The lowest BCUT2D eigenvalue weighted by molar-refractivity contribution is -0.769. The number of hydroxylamine groups is 1. The first-order chi connectivity index (χ1) is 5.83. The number of benzene rings is 1. The van der Waals surface area contributed by atoms with Gasteiger partial charge in [0.25, 0.3) is 0 Å². The molecule has 12 heavy (non-hydrogen) atoms. The maximum absolute atomic E-state index is 9.20. The molecule has 0 aromatic heterocycles. The Hall–Kier alpha value is -1.35. The lowest BCUT2D eigenvalue weighted by Crippen LogP contribution is -2.18. The van der Waals surface area contributed by atoms with E-state index in [0.717, 1.165) is 10.3 Å². The summed E-state index contributed by atoms with van der Waals surface area (Å²) in [6, 6.07) is 9.60. The molecule has 0 fully saturated rings. The molecule has 0 radical (unpaired) electrons. The van der Waals surface area contributed by atoms with Gasteiger partial charge in [0.05, 0.1) is 6.54 Å². The van der Waals surface area contributed by atoms with Crippen LogP contribution in [0.1, 0.15) is 5.56 Å². The third-order valence-corrected chi connectivity index (χ3v) is 1.46. The SMILES string of the molecule is NCC[N+](O)=Cc1ccccc1. The molecule has 0 aliphatic carbocycles. The van der Waals surface area contributed by atoms with Crippen molar-refractivity contribution in [3.63, 3.8) is 0 Å². The van der Waals surface area contributed by atoms with Crippen LogP contribution in [0.15, 0.2) is 30.3 Å². The number of nitrogens with zero attached hydrogens (tertiary/aromatic N) is 1. The third-order valence-electron chi connectivity index (χ3n) is 1.46. The molecule has 0 bridgehead atoms. The first-order valence-electron chi connectivity index (χ1n) is 3.88. The Bertz CT molecular complexity index is 256. The molecule has 0 atom stereocenters. The van der Waals surface area contributed by atoms with Gasteiger partial charge in [0, 0.05) is 5.56 Å². The number of hydrogen-bond donors (Lipinski definition) is 2. The first-order valence-corrected chi connectivity index (χ1v) is 3.88. The molecule has 0 heterocycles. The minimum atomic E-state index is 0.444. The molecule has 0 unspecified atom stereocenters. The highest BCUT2D eigenvalue weighted by Gasteiger charge is 1.97. The Labute approximate surface area is 71.7 Å². The van der Waals surface area contributed by atoms with Crippen molar-refractivity contribution in [3.8, 4) is 0 Å². The van der Waals surface area contributed by atoms with Gasteiger partial charge in [0.2, 0.25) is 12.8 Å². The van der Waals surface area contributed by atoms with Crippen LogP contribution in [0.3, 0.4) is 0 Å². The predicted molar refractivity (Wildman–Crippen MR) is 47.6 cm³/mol. The van der Waals surface area contributed by atoms with Gasteiger partial charge < -0.3 is 5.73 Å². The van der Waals surface area contributed by atoms with E-state index in [9.17, 15) is 5.21 Å². The van der Waals surface area contributed by atoms with E-state index in [-0.39, 0.29) is 0 Å². The molecular formula is C9H13N2O+. The molecule has 0 saturated heterocycles. The van der Waals surface area contributed by atoms with Crippen molar-refractivity contribution < 1.29 is 9.95 Å². The Morgan fingerprint density at radius 3 is 2.58 bits per heavy atom. The number of rotatable bonds is 3. The van der Waals surface area contributed by atoms with Crippen molar-refractivity contribution in [1.29, 1.82) is 0 Å². The van der Waals surface area contributed by atoms with Crippen LogP contribution in [-0.4, -0.2) is 29.3 Å². The van der Waals surface area contributed by atoms with Crippen LogP contribution in [0.4, 0.5) is 0 Å². The van der Waals surface area contributed by atoms with Gasteiger partial charge in [-0.05, 0) is 16.9 Å². The van der Waals surface area contributed by atoms with Crippen LogP contribution >= 0.6 is 0 Å². The van der Waals surface area contributed by atoms with Gasteiger partial charge in [-0.25, -0.2) is 0 Å². The Kier molecular flexibility index (Phi) is 3.29. The van der Waals surface area contributed by atoms with E-state index in [2.05, 4.69) is 0 Å². The molecule has 1 aromatic carbocycles. The quantitative estimate of drug-likeness (QED) is 0.296. The summed E-state index contributed by atoms with van der Waals surface area (Å²) in [6.07, 6.45) is 1.65. The molecule has 0 saturated carbocycles. The molecule has 3 heteroatoms. The third kappa shape index (κ3) is 2.72.